The predicted molar refractivity (Wildman–Crippen MR) is 205 cm³/mol. The summed E-state index contributed by atoms with van der Waals surface area (Å²) in [6, 6.07) is 22.9. The van der Waals surface area contributed by atoms with Crippen LogP contribution in [0.15, 0.2) is 140 Å². The number of phenolic OH excluding ortho intramolecular Hbond substituents is 2. The smallest absolute Gasteiger partial charge is 0.323 e. The molecule has 15 nitrogen and oxygen atoms in total. The minimum atomic E-state index is -4.91. The highest BCUT2D eigenvalue weighted by molar-refractivity contribution is 7.86. The van der Waals surface area contributed by atoms with Crippen LogP contribution >= 0.6 is 0 Å². The van der Waals surface area contributed by atoms with Crippen LogP contribution < -0.4 is 10.6 Å². The molecule has 0 aliphatic heterocycles. The number of urea groups is 1. The molecule has 0 atom stereocenters. The molecule has 0 heterocycles. The van der Waals surface area contributed by atoms with Gasteiger partial charge in [-0.15, -0.1) is 10.2 Å². The van der Waals surface area contributed by atoms with Crippen molar-refractivity contribution in [3.63, 3.8) is 0 Å². The maximum atomic E-state index is 13.0. The van der Waals surface area contributed by atoms with E-state index >= 15 is 0 Å². The zero-order valence-electron chi connectivity index (χ0n) is 27.7. The van der Waals surface area contributed by atoms with Crippen molar-refractivity contribution in [1.29, 1.82) is 0 Å². The molecule has 0 unspecified atom stereocenters. The van der Waals surface area contributed by atoms with E-state index in [2.05, 4.69) is 44.2 Å². The Bertz CT molecular complexity index is 2600. The number of hydrogen-bond acceptors (Lipinski definition) is 11. The largest absolute Gasteiger partial charge is 0.505 e. The number of amides is 2. The fourth-order valence-corrected chi connectivity index (χ4v) is 6.62. The number of carbonyl (C=O) groups excluding carboxylic acids is 1. The maximum absolute atomic E-state index is 13.0. The summed E-state index contributed by atoms with van der Waals surface area (Å²) < 4.78 is 69.1. The van der Waals surface area contributed by atoms with E-state index in [0.29, 0.717) is 11.4 Å². The van der Waals surface area contributed by atoms with Gasteiger partial charge in [0.05, 0.1) is 11.4 Å². The van der Waals surface area contributed by atoms with Crippen molar-refractivity contribution in [3.8, 4) is 11.5 Å². The first-order chi connectivity index (χ1) is 25.6. The number of rotatable bonds is 10. The fraction of sp³-hybridized carbons (Fsp3) is 0. The van der Waals surface area contributed by atoms with Crippen LogP contribution in [-0.4, -0.2) is 42.2 Å². The second-order valence-electron chi connectivity index (χ2n) is 11.5. The number of nitrogens with one attached hydrogen (secondary N) is 2. The summed E-state index contributed by atoms with van der Waals surface area (Å²) in [6.07, 6.45) is 3.24. The normalized spacial score (nSPS) is 12.0. The Morgan fingerprint density at radius 3 is 1.26 bits per heavy atom. The van der Waals surface area contributed by atoms with Gasteiger partial charge in [0, 0.05) is 22.1 Å². The maximum Gasteiger partial charge on any atom is 0.323 e. The molecule has 6 aromatic rings. The van der Waals surface area contributed by atoms with Crippen LogP contribution in [0.4, 0.5) is 38.9 Å². The first kappa shape index (κ1) is 37.0. The van der Waals surface area contributed by atoms with Crippen LogP contribution in [0.5, 0.6) is 11.5 Å². The third kappa shape index (κ3) is 7.98. The third-order valence-electron chi connectivity index (χ3n) is 7.96. The number of aromatic hydroxyl groups is 2. The van der Waals surface area contributed by atoms with E-state index in [1.807, 2.05) is 0 Å². The molecule has 2 amide bonds. The molecule has 0 aromatic heterocycles. The van der Waals surface area contributed by atoms with Gasteiger partial charge in [-0.25, -0.2) is 4.79 Å². The second kappa shape index (κ2) is 14.7. The molecule has 0 saturated carbocycles. The summed E-state index contributed by atoms with van der Waals surface area (Å²) in [4.78, 5) is 11.6. The number of benzene rings is 6. The molecular weight excluding hydrogens is 737 g/mol. The standard InChI is InChI=1S/C37H28N6O9S2/c1-3-21-5-9-25(10-6-21)40-42-33-31(53(47,48)49)19-23-17-27(13-15-29(23)35(33)44)38-37(46)39-28-14-16-30-24(18-28)20-32(54(50,51)52)34(36(30)45)43-41-26-11-7-22(4-2)8-12-26/h3-20,44-45H,1-2H2,(H2,38,39,46)(H,47,48,49)(H,50,51,52). The van der Waals surface area contributed by atoms with Crippen molar-refractivity contribution in [1.82, 2.24) is 0 Å². The first-order valence-corrected chi connectivity index (χ1v) is 18.4. The topological polar surface area (TPSA) is 240 Å². The molecular formula is C37H28N6O9S2. The van der Waals surface area contributed by atoms with Gasteiger partial charge >= 0.3 is 6.03 Å². The van der Waals surface area contributed by atoms with Gasteiger partial charge in [0.1, 0.15) is 21.2 Å². The lowest BCUT2D eigenvalue weighted by Gasteiger charge is -2.13. The fourth-order valence-electron chi connectivity index (χ4n) is 5.31. The summed E-state index contributed by atoms with van der Waals surface area (Å²) in [7, 11) is -9.81. The van der Waals surface area contributed by atoms with E-state index in [1.54, 1.807) is 60.7 Å². The molecule has 6 rings (SSSR count). The Balaban J connectivity index is 1.26. The van der Waals surface area contributed by atoms with Gasteiger partial charge in [-0.1, -0.05) is 49.6 Å². The molecule has 6 N–H and O–H groups in total. The Kier molecular flexibility index (Phi) is 10.1. The van der Waals surface area contributed by atoms with Crippen LogP contribution in [0, 0.1) is 0 Å². The molecule has 272 valence electrons. The minimum absolute atomic E-state index is 0.118. The molecule has 0 fully saturated rings. The second-order valence-corrected chi connectivity index (χ2v) is 14.3. The SMILES string of the molecule is C=Cc1ccc(N=Nc2c(S(=O)(=O)O)cc3cc(NC(=O)Nc4ccc5c(O)c(N=Nc6ccc(C=C)cc6)c(S(=O)(=O)O)cc5c4)ccc3c2O)cc1. The van der Waals surface area contributed by atoms with Crippen molar-refractivity contribution < 1.29 is 40.9 Å². The lowest BCUT2D eigenvalue weighted by atomic mass is 10.1. The molecule has 0 aliphatic carbocycles. The summed E-state index contributed by atoms with van der Waals surface area (Å²) in [6.45, 7) is 7.33. The molecule has 17 heteroatoms. The Labute approximate surface area is 307 Å². The van der Waals surface area contributed by atoms with E-state index in [1.165, 1.54) is 36.4 Å². The average molecular weight is 765 g/mol. The number of fused-ring (bicyclic) bond motifs is 2. The number of nitrogens with zero attached hydrogens (tertiary/aromatic N) is 4. The van der Waals surface area contributed by atoms with E-state index < -0.39 is 58.9 Å². The lowest BCUT2D eigenvalue weighted by Crippen LogP contribution is -2.19. The van der Waals surface area contributed by atoms with E-state index in [0.717, 1.165) is 23.3 Å². The Hall–Kier alpha value is -6.79. The Morgan fingerprint density at radius 1 is 0.556 bits per heavy atom. The van der Waals surface area contributed by atoms with Crippen molar-refractivity contribution >= 4 is 94.1 Å². The van der Waals surface area contributed by atoms with Crippen molar-refractivity contribution in [3.05, 3.63) is 121 Å². The zero-order valence-corrected chi connectivity index (χ0v) is 29.4. The summed E-state index contributed by atoms with van der Waals surface area (Å²) in [5, 5.41) is 43.4. The molecule has 0 spiro atoms. The summed E-state index contributed by atoms with van der Waals surface area (Å²) in [5.41, 5.74) is 1.61. The number of anilines is 2. The molecule has 0 bridgehead atoms. The van der Waals surface area contributed by atoms with Gasteiger partial charge in [0.2, 0.25) is 0 Å². The highest BCUT2D eigenvalue weighted by Gasteiger charge is 2.24. The quantitative estimate of drug-likeness (QED) is 0.0574. The Morgan fingerprint density at radius 2 is 0.926 bits per heavy atom. The van der Waals surface area contributed by atoms with Crippen molar-refractivity contribution in [2.24, 2.45) is 20.5 Å². The molecule has 54 heavy (non-hydrogen) atoms. The first-order valence-electron chi connectivity index (χ1n) is 15.6. The number of azo groups is 2. The van der Waals surface area contributed by atoms with E-state index in [9.17, 15) is 40.9 Å². The van der Waals surface area contributed by atoms with Gasteiger partial charge in [-0.05, 0) is 94.7 Å². The highest BCUT2D eigenvalue weighted by Crippen LogP contribution is 2.43. The number of carbonyl (C=O) groups is 1. The third-order valence-corrected chi connectivity index (χ3v) is 9.70. The van der Waals surface area contributed by atoms with Gasteiger partial charge < -0.3 is 20.8 Å². The van der Waals surface area contributed by atoms with Crippen molar-refractivity contribution in [2.45, 2.75) is 9.79 Å². The monoisotopic (exact) mass is 764 g/mol. The molecule has 0 saturated heterocycles. The van der Waals surface area contributed by atoms with Gasteiger partial charge in [0.25, 0.3) is 20.2 Å². The summed E-state index contributed by atoms with van der Waals surface area (Å²) in [5.74, 6) is -1.17. The van der Waals surface area contributed by atoms with Crippen molar-refractivity contribution in [2.75, 3.05) is 10.6 Å². The highest BCUT2D eigenvalue weighted by atomic mass is 32.2. The summed E-state index contributed by atoms with van der Waals surface area (Å²) >= 11 is 0. The van der Waals surface area contributed by atoms with Crippen LogP contribution in [0.25, 0.3) is 33.7 Å². The van der Waals surface area contributed by atoms with Gasteiger partial charge in [-0.3, -0.25) is 9.11 Å². The van der Waals surface area contributed by atoms with E-state index in [-0.39, 0.29) is 32.9 Å². The van der Waals surface area contributed by atoms with Gasteiger partial charge in [0.15, 0.2) is 11.5 Å². The number of hydrogen-bond donors (Lipinski definition) is 6. The lowest BCUT2D eigenvalue weighted by molar-refractivity contribution is 0.262. The number of phenols is 2. The molecule has 6 aromatic carbocycles. The molecule has 0 radical (unpaired) electrons. The minimum Gasteiger partial charge on any atom is -0.505 e. The van der Waals surface area contributed by atoms with E-state index in [4.69, 9.17) is 0 Å². The van der Waals surface area contributed by atoms with Crippen LogP contribution in [-0.2, 0) is 20.2 Å². The van der Waals surface area contributed by atoms with Crippen LogP contribution in [0.1, 0.15) is 11.1 Å². The zero-order chi connectivity index (χ0) is 38.8. The van der Waals surface area contributed by atoms with Crippen LogP contribution in [0.3, 0.4) is 0 Å². The average Bonchev–Trinajstić information content (AvgIpc) is 3.13. The van der Waals surface area contributed by atoms with Crippen LogP contribution in [0.2, 0.25) is 0 Å². The molecule has 0 aliphatic rings. The predicted octanol–water partition coefficient (Wildman–Crippen LogP) is 9.66. The van der Waals surface area contributed by atoms with Gasteiger partial charge in [-0.2, -0.15) is 27.1 Å².